The first kappa shape index (κ1) is 13.2. The molecule has 0 spiro atoms. The Bertz CT molecular complexity index is 399. The lowest BCUT2D eigenvalue weighted by Crippen LogP contribution is -2.31. The number of benzene rings is 1. The van der Waals surface area contributed by atoms with Crippen LogP contribution in [0.1, 0.15) is 24.8 Å². The minimum absolute atomic E-state index is 0.0476. The maximum absolute atomic E-state index is 12.5. The number of ether oxygens (including phenoxy) is 1. The Morgan fingerprint density at radius 2 is 2.06 bits per heavy atom. The fourth-order valence-electron chi connectivity index (χ4n) is 1.90. The summed E-state index contributed by atoms with van der Waals surface area (Å²) >= 11 is 0. The summed E-state index contributed by atoms with van der Waals surface area (Å²) in [5, 5.41) is 9.71. The van der Waals surface area contributed by atoms with Crippen molar-refractivity contribution < 1.29 is 23.0 Å². The van der Waals surface area contributed by atoms with Gasteiger partial charge in [0.2, 0.25) is 0 Å². The summed E-state index contributed by atoms with van der Waals surface area (Å²) in [5.41, 5.74) is -0.738. The van der Waals surface area contributed by atoms with Gasteiger partial charge in [0.15, 0.2) is 0 Å². The summed E-state index contributed by atoms with van der Waals surface area (Å²) in [6.07, 6.45) is -1.93. The van der Waals surface area contributed by atoms with Gasteiger partial charge in [-0.1, -0.05) is 12.5 Å². The Morgan fingerprint density at radius 1 is 1.33 bits per heavy atom. The fraction of sp³-hybridized carbons (Fsp3) is 0.538. The van der Waals surface area contributed by atoms with E-state index in [1.165, 1.54) is 12.1 Å². The van der Waals surface area contributed by atoms with Crippen LogP contribution in [-0.2, 0) is 6.18 Å². The summed E-state index contributed by atoms with van der Waals surface area (Å²) in [4.78, 5) is 0. The largest absolute Gasteiger partial charge is 0.491 e. The summed E-state index contributed by atoms with van der Waals surface area (Å²) in [7, 11) is 0. The lowest BCUT2D eigenvalue weighted by Gasteiger charge is -2.30. The highest BCUT2D eigenvalue weighted by Crippen LogP contribution is 2.32. The van der Waals surface area contributed by atoms with Crippen molar-refractivity contribution in [2.75, 3.05) is 6.61 Å². The van der Waals surface area contributed by atoms with Gasteiger partial charge in [-0.25, -0.2) is 0 Å². The van der Waals surface area contributed by atoms with Crippen LogP contribution in [0.15, 0.2) is 24.3 Å². The highest BCUT2D eigenvalue weighted by Gasteiger charge is 2.31. The van der Waals surface area contributed by atoms with Crippen molar-refractivity contribution >= 4 is 0 Å². The van der Waals surface area contributed by atoms with Gasteiger partial charge >= 0.3 is 6.18 Å². The molecule has 0 aliphatic heterocycles. The average Bonchev–Trinajstić information content (AvgIpc) is 2.23. The Labute approximate surface area is 103 Å². The monoisotopic (exact) mass is 260 g/mol. The molecule has 1 aromatic carbocycles. The van der Waals surface area contributed by atoms with E-state index in [9.17, 15) is 18.3 Å². The van der Waals surface area contributed by atoms with E-state index in [0.717, 1.165) is 31.4 Å². The molecule has 0 heterocycles. The van der Waals surface area contributed by atoms with Crippen LogP contribution < -0.4 is 4.74 Å². The zero-order chi connectivity index (χ0) is 13.2. The SMILES string of the molecule is OC(COc1cccc(C(F)(F)F)c1)C1CCC1. The molecule has 0 radical (unpaired) electrons. The molecule has 18 heavy (non-hydrogen) atoms. The normalized spacial score (nSPS) is 18.2. The van der Waals surface area contributed by atoms with E-state index in [1.54, 1.807) is 0 Å². The molecule has 0 aromatic heterocycles. The van der Waals surface area contributed by atoms with Gasteiger partial charge in [0.25, 0.3) is 0 Å². The maximum atomic E-state index is 12.5. The van der Waals surface area contributed by atoms with E-state index in [2.05, 4.69) is 0 Å². The van der Waals surface area contributed by atoms with Gasteiger partial charge in [0.1, 0.15) is 12.4 Å². The minimum Gasteiger partial charge on any atom is -0.491 e. The zero-order valence-corrected chi connectivity index (χ0v) is 9.78. The fourth-order valence-corrected chi connectivity index (χ4v) is 1.90. The molecule has 2 nitrogen and oxygen atoms in total. The number of rotatable bonds is 4. The van der Waals surface area contributed by atoms with Crippen LogP contribution in [0.25, 0.3) is 0 Å². The number of halogens is 3. The van der Waals surface area contributed by atoms with Crippen molar-refractivity contribution in [2.45, 2.75) is 31.5 Å². The molecule has 1 unspecified atom stereocenters. The van der Waals surface area contributed by atoms with Crippen LogP contribution >= 0.6 is 0 Å². The quantitative estimate of drug-likeness (QED) is 0.900. The Kier molecular flexibility index (Phi) is 3.80. The first-order valence-corrected chi connectivity index (χ1v) is 5.95. The number of hydrogen-bond acceptors (Lipinski definition) is 2. The summed E-state index contributed by atoms with van der Waals surface area (Å²) in [5.74, 6) is 0.374. The minimum atomic E-state index is -4.37. The molecule has 0 bridgehead atoms. The van der Waals surface area contributed by atoms with Gasteiger partial charge in [-0.3, -0.25) is 0 Å². The van der Waals surface area contributed by atoms with Crippen LogP contribution in [0.4, 0.5) is 13.2 Å². The van der Waals surface area contributed by atoms with Crippen molar-refractivity contribution in [3.63, 3.8) is 0 Å². The summed E-state index contributed by atoms with van der Waals surface area (Å²) in [6.45, 7) is 0.0476. The Balaban J connectivity index is 1.92. The third-order valence-corrected chi connectivity index (χ3v) is 3.28. The van der Waals surface area contributed by atoms with Crippen molar-refractivity contribution in [3.05, 3.63) is 29.8 Å². The van der Waals surface area contributed by atoms with Crippen LogP contribution in [0.2, 0.25) is 0 Å². The highest BCUT2D eigenvalue weighted by molar-refractivity contribution is 5.30. The number of aliphatic hydroxyl groups excluding tert-OH is 1. The van der Waals surface area contributed by atoms with E-state index < -0.39 is 17.8 Å². The first-order valence-electron chi connectivity index (χ1n) is 5.95. The molecule has 1 saturated carbocycles. The molecule has 0 amide bonds. The summed E-state index contributed by atoms with van der Waals surface area (Å²) < 4.78 is 42.6. The van der Waals surface area contributed by atoms with Gasteiger partial charge in [0.05, 0.1) is 11.7 Å². The van der Waals surface area contributed by atoms with Crippen molar-refractivity contribution in [2.24, 2.45) is 5.92 Å². The van der Waals surface area contributed by atoms with E-state index in [0.29, 0.717) is 0 Å². The lowest BCUT2D eigenvalue weighted by atomic mass is 9.81. The third-order valence-electron chi connectivity index (χ3n) is 3.28. The maximum Gasteiger partial charge on any atom is 0.416 e. The summed E-state index contributed by atoms with van der Waals surface area (Å²) in [6, 6.07) is 4.71. The van der Waals surface area contributed by atoms with Crippen LogP contribution in [-0.4, -0.2) is 17.8 Å². The Hall–Kier alpha value is -1.23. The molecule has 1 atom stereocenters. The van der Waals surface area contributed by atoms with Gasteiger partial charge < -0.3 is 9.84 Å². The number of alkyl halides is 3. The van der Waals surface area contributed by atoms with E-state index in [4.69, 9.17) is 4.74 Å². The second-order valence-corrected chi connectivity index (χ2v) is 4.59. The molecule has 5 heteroatoms. The average molecular weight is 260 g/mol. The Morgan fingerprint density at radius 3 is 2.61 bits per heavy atom. The topological polar surface area (TPSA) is 29.5 Å². The van der Waals surface area contributed by atoms with Crippen LogP contribution in [0, 0.1) is 5.92 Å². The molecule has 2 rings (SSSR count). The van der Waals surface area contributed by atoms with Gasteiger partial charge in [-0.05, 0) is 37.0 Å². The van der Waals surface area contributed by atoms with E-state index in [1.807, 2.05) is 0 Å². The standard InChI is InChI=1S/C13H15F3O2/c14-13(15,16)10-5-2-6-11(7-10)18-8-12(17)9-3-1-4-9/h2,5-7,9,12,17H,1,3-4,8H2. The lowest BCUT2D eigenvalue weighted by molar-refractivity contribution is -0.137. The van der Waals surface area contributed by atoms with Gasteiger partial charge in [-0.2, -0.15) is 13.2 Å². The highest BCUT2D eigenvalue weighted by atomic mass is 19.4. The number of aliphatic hydroxyl groups is 1. The molecule has 1 fully saturated rings. The van der Waals surface area contributed by atoms with E-state index >= 15 is 0 Å². The molecule has 1 aliphatic rings. The van der Waals surface area contributed by atoms with Gasteiger partial charge in [0, 0.05) is 0 Å². The second-order valence-electron chi connectivity index (χ2n) is 4.59. The molecule has 1 aliphatic carbocycles. The van der Waals surface area contributed by atoms with Crippen molar-refractivity contribution in [1.29, 1.82) is 0 Å². The second kappa shape index (κ2) is 5.18. The predicted molar refractivity (Wildman–Crippen MR) is 60.3 cm³/mol. The van der Waals surface area contributed by atoms with E-state index in [-0.39, 0.29) is 18.3 Å². The van der Waals surface area contributed by atoms with Crippen molar-refractivity contribution in [3.8, 4) is 5.75 Å². The van der Waals surface area contributed by atoms with Crippen molar-refractivity contribution in [1.82, 2.24) is 0 Å². The van der Waals surface area contributed by atoms with Gasteiger partial charge in [-0.15, -0.1) is 0 Å². The first-order chi connectivity index (χ1) is 8.47. The van der Waals surface area contributed by atoms with Crippen LogP contribution in [0.3, 0.4) is 0 Å². The molecular weight excluding hydrogens is 245 g/mol. The third kappa shape index (κ3) is 3.16. The molecule has 1 N–H and O–H groups in total. The zero-order valence-electron chi connectivity index (χ0n) is 9.78. The predicted octanol–water partition coefficient (Wildman–Crippen LogP) is 3.25. The van der Waals surface area contributed by atoms with Crippen LogP contribution in [0.5, 0.6) is 5.75 Å². The molecule has 0 saturated heterocycles. The smallest absolute Gasteiger partial charge is 0.416 e. The molecule has 100 valence electrons. The number of hydrogen-bond donors (Lipinski definition) is 1. The molecular formula is C13H15F3O2. The molecule has 1 aromatic rings.